The van der Waals surface area contributed by atoms with Crippen LogP contribution < -0.4 is 10.1 Å². The summed E-state index contributed by atoms with van der Waals surface area (Å²) in [5, 5.41) is 12.7. The Kier molecular flexibility index (Phi) is 3.81. The van der Waals surface area contributed by atoms with Gasteiger partial charge < -0.3 is 10.1 Å². The summed E-state index contributed by atoms with van der Waals surface area (Å²) in [6.45, 7) is 6.69. The molecule has 1 heterocycles. The van der Waals surface area contributed by atoms with E-state index in [4.69, 9.17) is 4.74 Å². The van der Waals surface area contributed by atoms with Crippen molar-refractivity contribution in [3.63, 3.8) is 0 Å². The highest BCUT2D eigenvalue weighted by atomic mass is 32.1. The summed E-state index contributed by atoms with van der Waals surface area (Å²) in [6.07, 6.45) is 0. The molecule has 2 aromatic rings. The first kappa shape index (κ1) is 12.8. The van der Waals surface area contributed by atoms with E-state index < -0.39 is 0 Å². The maximum absolute atomic E-state index is 5.87. The molecule has 0 fully saturated rings. The van der Waals surface area contributed by atoms with Crippen molar-refractivity contribution in [1.82, 2.24) is 10.2 Å². The molecule has 1 aromatic carbocycles. The Balaban J connectivity index is 2.12. The van der Waals surface area contributed by atoms with Gasteiger partial charge in [0.25, 0.3) is 0 Å². The molecule has 1 aromatic heterocycles. The van der Waals surface area contributed by atoms with Crippen LogP contribution in [-0.4, -0.2) is 17.2 Å². The fourth-order valence-electron chi connectivity index (χ4n) is 1.69. The summed E-state index contributed by atoms with van der Waals surface area (Å²) in [6, 6.07) is 4.19. The number of anilines is 1. The van der Waals surface area contributed by atoms with Crippen molar-refractivity contribution in [2.45, 2.75) is 27.4 Å². The first-order valence-corrected chi connectivity index (χ1v) is 6.63. The molecular formula is C13H17N3OS. The fraction of sp³-hybridized carbons (Fsp3) is 0.385. The third kappa shape index (κ3) is 2.61. The van der Waals surface area contributed by atoms with E-state index in [9.17, 15) is 0 Å². The van der Waals surface area contributed by atoms with Gasteiger partial charge in [-0.05, 0) is 37.5 Å². The van der Waals surface area contributed by atoms with Crippen molar-refractivity contribution in [2.75, 3.05) is 12.4 Å². The predicted molar refractivity (Wildman–Crippen MR) is 74.4 cm³/mol. The van der Waals surface area contributed by atoms with Gasteiger partial charge >= 0.3 is 0 Å². The van der Waals surface area contributed by atoms with Crippen LogP contribution in [0.1, 0.15) is 21.7 Å². The molecule has 0 bridgehead atoms. The number of hydrogen-bond acceptors (Lipinski definition) is 5. The largest absolute Gasteiger partial charge is 0.486 e. The molecule has 0 amide bonds. The summed E-state index contributed by atoms with van der Waals surface area (Å²) < 4.78 is 5.87. The topological polar surface area (TPSA) is 47.0 Å². The Bertz CT molecular complexity index is 551. The van der Waals surface area contributed by atoms with Gasteiger partial charge in [-0.15, -0.1) is 10.2 Å². The van der Waals surface area contributed by atoms with Gasteiger partial charge in [0.2, 0.25) is 5.13 Å². The Morgan fingerprint density at radius 1 is 1.17 bits per heavy atom. The Morgan fingerprint density at radius 3 is 2.56 bits per heavy atom. The van der Waals surface area contributed by atoms with Crippen molar-refractivity contribution in [3.05, 3.63) is 33.8 Å². The van der Waals surface area contributed by atoms with Gasteiger partial charge in [-0.2, -0.15) is 0 Å². The Hall–Kier alpha value is -1.62. The van der Waals surface area contributed by atoms with Gasteiger partial charge in [-0.25, -0.2) is 0 Å². The number of nitrogens with one attached hydrogen (secondary N) is 1. The third-order valence-electron chi connectivity index (χ3n) is 2.89. The molecule has 1 N–H and O–H groups in total. The number of benzene rings is 1. The van der Waals surface area contributed by atoms with Crippen LogP contribution in [-0.2, 0) is 6.61 Å². The Labute approximate surface area is 111 Å². The molecule has 5 heteroatoms. The molecule has 0 aliphatic carbocycles. The average Bonchev–Trinajstić information content (AvgIpc) is 2.82. The number of nitrogens with zero attached hydrogens (tertiary/aromatic N) is 2. The molecule has 18 heavy (non-hydrogen) atoms. The summed E-state index contributed by atoms with van der Waals surface area (Å²) >= 11 is 1.51. The van der Waals surface area contributed by atoms with E-state index in [1.165, 1.54) is 22.5 Å². The van der Waals surface area contributed by atoms with Crippen LogP contribution in [0.4, 0.5) is 5.13 Å². The van der Waals surface area contributed by atoms with E-state index in [0.717, 1.165) is 21.5 Å². The van der Waals surface area contributed by atoms with Crippen LogP contribution in [0.2, 0.25) is 0 Å². The molecule has 0 saturated heterocycles. The molecule has 2 rings (SSSR count). The zero-order valence-corrected chi connectivity index (χ0v) is 11.9. The van der Waals surface area contributed by atoms with Gasteiger partial charge in [0.15, 0.2) is 5.01 Å². The molecule has 0 aliphatic rings. The molecule has 0 aliphatic heterocycles. The van der Waals surface area contributed by atoms with Crippen molar-refractivity contribution in [1.29, 1.82) is 0 Å². The lowest BCUT2D eigenvalue weighted by atomic mass is 10.1. The van der Waals surface area contributed by atoms with Crippen LogP contribution in [0.3, 0.4) is 0 Å². The Morgan fingerprint density at radius 2 is 1.89 bits per heavy atom. The van der Waals surface area contributed by atoms with E-state index in [1.54, 1.807) is 0 Å². The predicted octanol–water partition coefficient (Wildman–Crippen LogP) is 3.08. The van der Waals surface area contributed by atoms with Crippen molar-refractivity contribution >= 4 is 16.5 Å². The molecule has 0 radical (unpaired) electrons. The summed E-state index contributed by atoms with van der Waals surface area (Å²) in [5.41, 5.74) is 3.58. The molecular weight excluding hydrogens is 246 g/mol. The summed E-state index contributed by atoms with van der Waals surface area (Å²) in [4.78, 5) is 0. The molecule has 0 atom stereocenters. The van der Waals surface area contributed by atoms with Crippen LogP contribution in [0.25, 0.3) is 0 Å². The van der Waals surface area contributed by atoms with Crippen LogP contribution in [0.5, 0.6) is 5.75 Å². The van der Waals surface area contributed by atoms with E-state index in [1.807, 2.05) is 7.05 Å². The molecule has 96 valence electrons. The van der Waals surface area contributed by atoms with Crippen LogP contribution >= 0.6 is 11.3 Å². The second-order valence-electron chi connectivity index (χ2n) is 4.19. The minimum Gasteiger partial charge on any atom is -0.486 e. The number of aromatic nitrogens is 2. The number of aryl methyl sites for hydroxylation is 2. The quantitative estimate of drug-likeness (QED) is 0.921. The third-order valence-corrected chi connectivity index (χ3v) is 3.81. The van der Waals surface area contributed by atoms with Gasteiger partial charge in [0.05, 0.1) is 0 Å². The molecule has 0 saturated carbocycles. The first-order valence-electron chi connectivity index (χ1n) is 5.81. The van der Waals surface area contributed by atoms with E-state index in [-0.39, 0.29) is 0 Å². The SMILES string of the molecule is CNc1nnc(COc2c(C)ccc(C)c2C)s1. The molecule has 4 nitrogen and oxygen atoms in total. The minimum absolute atomic E-state index is 0.463. The zero-order chi connectivity index (χ0) is 13.1. The van der Waals surface area contributed by atoms with Crippen LogP contribution in [0, 0.1) is 20.8 Å². The highest BCUT2D eigenvalue weighted by molar-refractivity contribution is 7.15. The number of rotatable bonds is 4. The van der Waals surface area contributed by atoms with Crippen molar-refractivity contribution < 1.29 is 4.74 Å². The second-order valence-corrected chi connectivity index (χ2v) is 5.26. The fourth-order valence-corrected chi connectivity index (χ4v) is 2.30. The summed E-state index contributed by atoms with van der Waals surface area (Å²) in [7, 11) is 1.83. The second kappa shape index (κ2) is 5.35. The summed E-state index contributed by atoms with van der Waals surface area (Å²) in [5.74, 6) is 0.955. The monoisotopic (exact) mass is 263 g/mol. The highest BCUT2D eigenvalue weighted by Crippen LogP contribution is 2.27. The van der Waals surface area contributed by atoms with Gasteiger partial charge in [0, 0.05) is 7.05 Å². The lowest BCUT2D eigenvalue weighted by Crippen LogP contribution is -1.99. The average molecular weight is 263 g/mol. The smallest absolute Gasteiger partial charge is 0.205 e. The minimum atomic E-state index is 0.463. The zero-order valence-electron chi connectivity index (χ0n) is 11.1. The van der Waals surface area contributed by atoms with E-state index in [0.29, 0.717) is 6.61 Å². The van der Waals surface area contributed by atoms with Gasteiger partial charge in [-0.1, -0.05) is 23.5 Å². The van der Waals surface area contributed by atoms with Crippen LogP contribution in [0.15, 0.2) is 12.1 Å². The maximum Gasteiger partial charge on any atom is 0.205 e. The van der Waals surface area contributed by atoms with E-state index in [2.05, 4.69) is 48.4 Å². The number of ether oxygens (including phenoxy) is 1. The first-order chi connectivity index (χ1) is 8.61. The normalized spacial score (nSPS) is 10.4. The van der Waals surface area contributed by atoms with Gasteiger partial charge in [-0.3, -0.25) is 0 Å². The molecule has 0 unspecified atom stereocenters. The highest BCUT2D eigenvalue weighted by Gasteiger charge is 2.08. The lowest BCUT2D eigenvalue weighted by Gasteiger charge is -2.12. The molecule has 0 spiro atoms. The van der Waals surface area contributed by atoms with Crippen molar-refractivity contribution in [2.24, 2.45) is 0 Å². The van der Waals surface area contributed by atoms with E-state index >= 15 is 0 Å². The number of hydrogen-bond donors (Lipinski definition) is 1. The van der Waals surface area contributed by atoms with Crippen molar-refractivity contribution in [3.8, 4) is 5.75 Å². The standard InChI is InChI=1S/C13H17N3OS/c1-8-5-6-9(2)12(10(8)3)17-7-11-15-16-13(14-4)18-11/h5-6H,7H2,1-4H3,(H,14,16). The van der Waals surface area contributed by atoms with Gasteiger partial charge in [0.1, 0.15) is 12.4 Å². The lowest BCUT2D eigenvalue weighted by molar-refractivity contribution is 0.300. The maximum atomic E-state index is 5.87.